The molecule has 0 radical (unpaired) electrons. The minimum absolute atomic E-state index is 0.252. The predicted molar refractivity (Wildman–Crippen MR) is 100 cm³/mol. The number of para-hydroxylation sites is 1. The fourth-order valence-corrected chi connectivity index (χ4v) is 2.25. The summed E-state index contributed by atoms with van der Waals surface area (Å²) in [5, 5.41) is 0. The van der Waals surface area contributed by atoms with Crippen LogP contribution in [0, 0.1) is 5.82 Å². The van der Waals surface area contributed by atoms with Gasteiger partial charge in [-0.25, -0.2) is 9.18 Å². The molecule has 0 aliphatic carbocycles. The molecule has 0 heterocycles. The van der Waals surface area contributed by atoms with Gasteiger partial charge in [-0.15, -0.1) is 0 Å². The Balaban J connectivity index is 2.03. The van der Waals surface area contributed by atoms with Gasteiger partial charge in [0.25, 0.3) is 0 Å². The van der Waals surface area contributed by atoms with Gasteiger partial charge in [-0.2, -0.15) is 0 Å². The number of halogens is 1. The minimum Gasteiger partial charge on any atom is -0.443 e. The third-order valence-corrected chi connectivity index (χ3v) is 3.38. The van der Waals surface area contributed by atoms with Crippen LogP contribution >= 0.6 is 0 Å². The molecule has 132 valence electrons. The number of ether oxygens (including phenoxy) is 1. The van der Waals surface area contributed by atoms with Gasteiger partial charge in [0.1, 0.15) is 11.4 Å². The first-order chi connectivity index (χ1) is 11.8. The highest BCUT2D eigenvalue weighted by atomic mass is 19.1. The SMILES string of the molecule is CC(C)(C)OC(=O)N(CCC=Cc1ccc(F)cc1)c1ccccc1. The van der Waals surface area contributed by atoms with E-state index in [-0.39, 0.29) is 11.9 Å². The molecule has 4 heteroatoms. The summed E-state index contributed by atoms with van der Waals surface area (Å²) in [5.41, 5.74) is 1.17. The number of rotatable bonds is 5. The Morgan fingerprint density at radius 2 is 1.72 bits per heavy atom. The quantitative estimate of drug-likeness (QED) is 0.701. The van der Waals surface area contributed by atoms with Crippen LogP contribution < -0.4 is 4.90 Å². The van der Waals surface area contributed by atoms with Crippen molar-refractivity contribution in [2.75, 3.05) is 11.4 Å². The van der Waals surface area contributed by atoms with Crippen molar-refractivity contribution in [1.29, 1.82) is 0 Å². The minimum atomic E-state index is -0.548. The second kappa shape index (κ2) is 8.47. The van der Waals surface area contributed by atoms with Gasteiger partial charge in [0.2, 0.25) is 0 Å². The molecule has 2 rings (SSSR count). The number of amides is 1. The summed E-state index contributed by atoms with van der Waals surface area (Å²) in [6, 6.07) is 15.7. The molecule has 3 nitrogen and oxygen atoms in total. The molecule has 0 spiro atoms. The fourth-order valence-electron chi connectivity index (χ4n) is 2.25. The summed E-state index contributed by atoms with van der Waals surface area (Å²) in [6.07, 6.45) is 4.17. The lowest BCUT2D eigenvalue weighted by Gasteiger charge is -2.27. The maximum Gasteiger partial charge on any atom is 0.414 e. The van der Waals surface area contributed by atoms with E-state index < -0.39 is 5.60 Å². The van der Waals surface area contributed by atoms with Crippen LogP contribution in [-0.4, -0.2) is 18.2 Å². The van der Waals surface area contributed by atoms with Gasteiger partial charge in [-0.3, -0.25) is 4.90 Å². The second-order valence-electron chi connectivity index (χ2n) is 6.71. The second-order valence-corrected chi connectivity index (χ2v) is 6.71. The van der Waals surface area contributed by atoms with Gasteiger partial charge >= 0.3 is 6.09 Å². The van der Waals surface area contributed by atoms with Gasteiger partial charge in [0.15, 0.2) is 0 Å². The zero-order valence-electron chi connectivity index (χ0n) is 14.9. The smallest absolute Gasteiger partial charge is 0.414 e. The Labute approximate surface area is 148 Å². The summed E-state index contributed by atoms with van der Waals surface area (Å²) in [4.78, 5) is 14.1. The van der Waals surface area contributed by atoms with Gasteiger partial charge in [-0.1, -0.05) is 42.5 Å². The van der Waals surface area contributed by atoms with Crippen LogP contribution in [0.15, 0.2) is 60.7 Å². The van der Waals surface area contributed by atoms with Crippen LogP contribution in [0.4, 0.5) is 14.9 Å². The lowest BCUT2D eigenvalue weighted by molar-refractivity contribution is 0.0581. The molecular formula is C21H24FNO2. The van der Waals surface area contributed by atoms with E-state index in [1.807, 2.05) is 63.3 Å². The highest BCUT2D eigenvalue weighted by Crippen LogP contribution is 2.18. The molecule has 0 bridgehead atoms. The molecular weight excluding hydrogens is 317 g/mol. The van der Waals surface area contributed by atoms with Crippen molar-refractivity contribution in [1.82, 2.24) is 0 Å². The summed E-state index contributed by atoms with van der Waals surface area (Å²) in [7, 11) is 0. The molecule has 2 aromatic carbocycles. The Bertz CT molecular complexity index is 703. The number of carbonyl (C=O) groups is 1. The number of hydrogen-bond acceptors (Lipinski definition) is 2. The number of benzene rings is 2. The lowest BCUT2D eigenvalue weighted by Crippen LogP contribution is -2.37. The standard InChI is InChI=1S/C21H24FNO2/c1-21(2,3)25-20(24)23(19-10-5-4-6-11-19)16-8-7-9-17-12-14-18(22)15-13-17/h4-7,9-15H,8,16H2,1-3H3. The van der Waals surface area contributed by atoms with Gasteiger partial charge in [-0.05, 0) is 57.0 Å². The summed E-state index contributed by atoms with van der Waals surface area (Å²) < 4.78 is 18.4. The van der Waals surface area contributed by atoms with Crippen LogP contribution in [0.1, 0.15) is 32.8 Å². The van der Waals surface area contributed by atoms with Gasteiger partial charge in [0, 0.05) is 12.2 Å². The van der Waals surface area contributed by atoms with Crippen molar-refractivity contribution in [2.45, 2.75) is 32.8 Å². The summed E-state index contributed by atoms with van der Waals surface area (Å²) >= 11 is 0. The number of carbonyl (C=O) groups excluding carboxylic acids is 1. The highest BCUT2D eigenvalue weighted by molar-refractivity contribution is 5.87. The maximum atomic E-state index is 12.9. The molecule has 0 aliphatic heterocycles. The van der Waals surface area contributed by atoms with E-state index in [0.29, 0.717) is 13.0 Å². The van der Waals surface area contributed by atoms with Crippen molar-refractivity contribution >= 4 is 17.9 Å². The molecule has 25 heavy (non-hydrogen) atoms. The van der Waals surface area contributed by atoms with E-state index in [2.05, 4.69) is 0 Å². The molecule has 1 amide bonds. The van der Waals surface area contributed by atoms with Crippen molar-refractivity contribution in [2.24, 2.45) is 0 Å². The molecule has 0 aliphatic rings. The topological polar surface area (TPSA) is 29.5 Å². The van der Waals surface area contributed by atoms with E-state index in [1.165, 1.54) is 12.1 Å². The normalized spacial score (nSPS) is 11.5. The Kier molecular flexibility index (Phi) is 6.34. The van der Waals surface area contributed by atoms with E-state index in [0.717, 1.165) is 11.3 Å². The summed E-state index contributed by atoms with van der Waals surface area (Å²) in [5.74, 6) is -0.252. The highest BCUT2D eigenvalue weighted by Gasteiger charge is 2.22. The van der Waals surface area contributed by atoms with Crippen LogP contribution in [-0.2, 0) is 4.74 Å². The van der Waals surface area contributed by atoms with E-state index in [4.69, 9.17) is 4.74 Å². The van der Waals surface area contributed by atoms with Crippen molar-refractivity contribution in [3.8, 4) is 0 Å². The Morgan fingerprint density at radius 1 is 1.08 bits per heavy atom. The van der Waals surface area contributed by atoms with Crippen LogP contribution in [0.25, 0.3) is 6.08 Å². The number of nitrogens with zero attached hydrogens (tertiary/aromatic N) is 1. The molecule has 0 unspecified atom stereocenters. The van der Waals surface area contributed by atoms with Crippen LogP contribution in [0.3, 0.4) is 0 Å². The van der Waals surface area contributed by atoms with Crippen LogP contribution in [0.5, 0.6) is 0 Å². The van der Waals surface area contributed by atoms with Crippen molar-refractivity contribution < 1.29 is 13.9 Å². The molecule has 0 N–H and O–H groups in total. The average Bonchev–Trinajstić information content (AvgIpc) is 2.55. The zero-order valence-corrected chi connectivity index (χ0v) is 14.9. The average molecular weight is 341 g/mol. The van der Waals surface area contributed by atoms with E-state index in [9.17, 15) is 9.18 Å². The first kappa shape index (κ1) is 18.7. The first-order valence-corrected chi connectivity index (χ1v) is 8.33. The van der Waals surface area contributed by atoms with Crippen molar-refractivity contribution in [3.63, 3.8) is 0 Å². The lowest BCUT2D eigenvalue weighted by atomic mass is 10.2. The largest absolute Gasteiger partial charge is 0.443 e. The van der Waals surface area contributed by atoms with Gasteiger partial charge in [0.05, 0.1) is 0 Å². The molecule has 0 aromatic heterocycles. The first-order valence-electron chi connectivity index (χ1n) is 8.33. The monoisotopic (exact) mass is 341 g/mol. The zero-order chi connectivity index (χ0) is 18.3. The van der Waals surface area contributed by atoms with E-state index in [1.54, 1.807) is 17.0 Å². The Morgan fingerprint density at radius 3 is 2.32 bits per heavy atom. The Hall–Kier alpha value is -2.62. The van der Waals surface area contributed by atoms with Crippen molar-refractivity contribution in [3.05, 3.63) is 72.1 Å². The maximum absolute atomic E-state index is 12.9. The molecule has 0 atom stereocenters. The number of hydrogen-bond donors (Lipinski definition) is 0. The molecule has 0 fully saturated rings. The number of anilines is 1. The van der Waals surface area contributed by atoms with Crippen LogP contribution in [0.2, 0.25) is 0 Å². The van der Waals surface area contributed by atoms with E-state index >= 15 is 0 Å². The fraction of sp³-hybridized carbons (Fsp3) is 0.286. The summed E-state index contributed by atoms with van der Waals surface area (Å²) in [6.45, 7) is 6.05. The third-order valence-electron chi connectivity index (χ3n) is 3.38. The molecule has 2 aromatic rings. The molecule has 0 saturated carbocycles. The third kappa shape index (κ3) is 6.42. The predicted octanol–water partition coefficient (Wildman–Crippen LogP) is 5.67. The van der Waals surface area contributed by atoms with Gasteiger partial charge < -0.3 is 4.74 Å². The molecule has 0 saturated heterocycles.